The van der Waals surface area contributed by atoms with Gasteiger partial charge < -0.3 is 154 Å². The highest BCUT2D eigenvalue weighted by Gasteiger charge is 2.56. The second-order valence-electron chi connectivity index (χ2n) is 16.8. The quantitative estimate of drug-likeness (QED) is 0.0683. The summed E-state index contributed by atoms with van der Waals surface area (Å²) in [5, 5.41) is 210. The maximum Gasteiger partial charge on any atom is 0.187 e. The minimum absolute atomic E-state index is 0.790. The number of aliphatic hydroxyl groups is 20. The first kappa shape index (κ1) is 55.1. The average Bonchev–Trinajstić information content (AvgIpc) is 3.31. The van der Waals surface area contributed by atoms with Crippen LogP contribution in [0, 0.1) is 0 Å². The van der Waals surface area contributed by atoms with E-state index in [9.17, 15) is 102 Å². The van der Waals surface area contributed by atoms with E-state index in [-0.39, 0.29) is 0 Å². The van der Waals surface area contributed by atoms with Crippen molar-refractivity contribution in [2.75, 3.05) is 39.6 Å². The van der Waals surface area contributed by atoms with Gasteiger partial charge in [-0.15, -0.1) is 0 Å². The molecule has 0 spiro atoms. The van der Waals surface area contributed by atoms with Crippen molar-refractivity contribution in [1.29, 1.82) is 0 Å². The zero-order valence-electron chi connectivity index (χ0n) is 35.0. The summed E-state index contributed by atoms with van der Waals surface area (Å²) < 4.78 is 60.5. The fourth-order valence-corrected chi connectivity index (χ4v) is 8.29. The Morgan fingerprint density at radius 1 is 0.254 bits per heavy atom. The molecule has 6 rings (SSSR count). The van der Waals surface area contributed by atoms with Gasteiger partial charge in [-0.25, -0.2) is 0 Å². The molecular weight excluding hydrogens is 928 g/mol. The molecule has 392 valence electrons. The van der Waals surface area contributed by atoms with E-state index in [1.807, 2.05) is 0 Å². The van der Waals surface area contributed by atoms with Crippen LogP contribution in [0.3, 0.4) is 0 Å². The highest BCUT2D eigenvalue weighted by Crippen LogP contribution is 2.35. The predicted molar refractivity (Wildman–Crippen MR) is 199 cm³/mol. The molecule has 0 bridgehead atoms. The zero-order valence-corrected chi connectivity index (χ0v) is 35.0. The molecule has 31 nitrogen and oxygen atoms in total. The van der Waals surface area contributed by atoms with Crippen LogP contribution in [-0.4, -0.2) is 326 Å². The summed E-state index contributed by atoms with van der Waals surface area (Å²) in [4.78, 5) is 0. The molecule has 0 unspecified atom stereocenters. The highest BCUT2D eigenvalue weighted by molar-refractivity contribution is 4.99. The van der Waals surface area contributed by atoms with Gasteiger partial charge in [-0.05, 0) is 0 Å². The van der Waals surface area contributed by atoms with Crippen molar-refractivity contribution in [3.63, 3.8) is 0 Å². The Morgan fingerprint density at radius 2 is 0.522 bits per heavy atom. The third-order valence-corrected chi connectivity index (χ3v) is 12.4. The van der Waals surface area contributed by atoms with E-state index in [0.29, 0.717) is 0 Å². The molecule has 0 aromatic heterocycles. The molecule has 0 aromatic carbocycles. The molecule has 6 aliphatic rings. The van der Waals surface area contributed by atoms with E-state index in [4.69, 9.17) is 52.1 Å². The topological polar surface area (TPSA) is 506 Å². The molecule has 0 amide bonds. The van der Waals surface area contributed by atoms with E-state index in [0.717, 1.165) is 0 Å². The largest absolute Gasteiger partial charge is 0.394 e. The molecule has 6 saturated heterocycles. The summed E-state index contributed by atoms with van der Waals surface area (Å²) in [6, 6.07) is 0. The Labute approximate surface area is 378 Å². The zero-order chi connectivity index (χ0) is 49.3. The molecule has 0 radical (unpaired) electrons. The van der Waals surface area contributed by atoms with Crippen LogP contribution in [0.1, 0.15) is 0 Å². The van der Waals surface area contributed by atoms with Crippen LogP contribution >= 0.6 is 0 Å². The van der Waals surface area contributed by atoms with Gasteiger partial charge in [-0.3, -0.25) is 0 Å². The van der Waals surface area contributed by atoms with E-state index >= 15 is 0 Å². The summed E-state index contributed by atoms with van der Waals surface area (Å²) in [6.45, 7) is -5.31. The van der Waals surface area contributed by atoms with Gasteiger partial charge in [-0.1, -0.05) is 0 Å². The van der Waals surface area contributed by atoms with E-state index in [1.165, 1.54) is 0 Å². The van der Waals surface area contributed by atoms with Crippen LogP contribution < -0.4 is 0 Å². The molecule has 6 fully saturated rings. The Hall–Kier alpha value is -1.24. The summed E-state index contributed by atoms with van der Waals surface area (Å²) in [5.41, 5.74) is 0. The van der Waals surface area contributed by atoms with Crippen molar-refractivity contribution in [2.45, 2.75) is 184 Å². The lowest BCUT2D eigenvalue weighted by molar-refractivity contribution is -0.393. The number of aliphatic hydroxyl groups excluding tert-OH is 20. The van der Waals surface area contributed by atoms with E-state index < -0.39 is 224 Å². The van der Waals surface area contributed by atoms with Crippen LogP contribution in [0.15, 0.2) is 0 Å². The van der Waals surface area contributed by atoms with Crippen molar-refractivity contribution < 1.29 is 154 Å². The number of hydrogen-bond acceptors (Lipinski definition) is 31. The minimum Gasteiger partial charge on any atom is -0.394 e. The average molecular weight is 991 g/mol. The van der Waals surface area contributed by atoms with Gasteiger partial charge in [-0.2, -0.15) is 0 Å². The Morgan fingerprint density at radius 3 is 0.896 bits per heavy atom. The first-order chi connectivity index (χ1) is 31.7. The van der Waals surface area contributed by atoms with Crippen LogP contribution in [0.5, 0.6) is 0 Å². The van der Waals surface area contributed by atoms with Gasteiger partial charge in [0, 0.05) is 0 Å². The van der Waals surface area contributed by atoms with Gasteiger partial charge in [0.1, 0.15) is 146 Å². The first-order valence-electron chi connectivity index (χ1n) is 21.1. The second kappa shape index (κ2) is 23.5. The lowest BCUT2D eigenvalue weighted by Crippen LogP contribution is -2.68. The van der Waals surface area contributed by atoms with Gasteiger partial charge in [0.15, 0.2) is 37.7 Å². The lowest BCUT2D eigenvalue weighted by Gasteiger charge is -2.49. The highest BCUT2D eigenvalue weighted by atomic mass is 16.8. The third kappa shape index (κ3) is 11.5. The molecule has 20 N–H and O–H groups in total. The third-order valence-electron chi connectivity index (χ3n) is 12.4. The van der Waals surface area contributed by atoms with Gasteiger partial charge in [0.25, 0.3) is 0 Å². The van der Waals surface area contributed by atoms with Gasteiger partial charge in [0.05, 0.1) is 39.6 Å². The van der Waals surface area contributed by atoms with E-state index in [2.05, 4.69) is 0 Å². The smallest absolute Gasteiger partial charge is 0.187 e. The molecule has 0 aliphatic carbocycles. The fraction of sp³-hybridized carbons (Fsp3) is 1.00. The normalized spacial score (nSPS) is 53.4. The molecule has 6 heterocycles. The van der Waals surface area contributed by atoms with Crippen LogP contribution in [0.25, 0.3) is 0 Å². The summed E-state index contributed by atoms with van der Waals surface area (Å²) in [6.07, 6.45) is -57.8. The lowest BCUT2D eigenvalue weighted by atomic mass is 9.95. The van der Waals surface area contributed by atoms with Crippen LogP contribution in [0.2, 0.25) is 0 Å². The minimum atomic E-state index is -2.27. The number of ether oxygens (including phenoxy) is 11. The van der Waals surface area contributed by atoms with Gasteiger partial charge >= 0.3 is 0 Å². The Balaban J connectivity index is 1.20. The monoisotopic (exact) mass is 990 g/mol. The van der Waals surface area contributed by atoms with Crippen molar-refractivity contribution in [3.8, 4) is 0 Å². The molecule has 31 heteroatoms. The van der Waals surface area contributed by atoms with Crippen molar-refractivity contribution in [2.24, 2.45) is 0 Å². The molecule has 30 atom stereocenters. The maximum atomic E-state index is 11.6. The number of hydrogen-bond donors (Lipinski definition) is 20. The molecule has 6 aliphatic heterocycles. The Bertz CT molecular complexity index is 1500. The Kier molecular flexibility index (Phi) is 19.4. The number of rotatable bonds is 16. The van der Waals surface area contributed by atoms with Crippen molar-refractivity contribution >= 4 is 0 Å². The molecule has 0 saturated carbocycles. The second-order valence-corrected chi connectivity index (χ2v) is 16.8. The van der Waals surface area contributed by atoms with Crippen LogP contribution in [0.4, 0.5) is 0 Å². The summed E-state index contributed by atoms with van der Waals surface area (Å²) in [7, 11) is 0. The predicted octanol–water partition coefficient (Wildman–Crippen LogP) is -14.1. The van der Waals surface area contributed by atoms with Crippen LogP contribution in [-0.2, 0) is 52.1 Å². The van der Waals surface area contributed by atoms with Gasteiger partial charge in [0.2, 0.25) is 0 Å². The summed E-state index contributed by atoms with van der Waals surface area (Å²) in [5.74, 6) is 0. The summed E-state index contributed by atoms with van der Waals surface area (Å²) >= 11 is 0. The van der Waals surface area contributed by atoms with Crippen molar-refractivity contribution in [3.05, 3.63) is 0 Å². The standard InChI is InChI=1S/C36H62O31/c37-1-7-13(41)19(47)22(50)32(60-7)57-5-11-17(45)28(25(53)31(56)59-11)65-35-26(54)29(16(44)10(4-40)63-35)67-36-27(55)30(66-34-24(52)21(49)15(43)9(3-39)62-34)18(46)12(64-36)6-58-33-23(51)20(48)14(42)8(2-38)61-33/h7-56H,1-6H2/t7-,8-,9-,10-,11-,12-,13-,14-,15-,16-,17-,18-,19+,20+,21+,22+,23+,24+,25-,26-,27-,28+,29+,30+,31-,32+,33+,34-,35+,36-/m1/s1. The van der Waals surface area contributed by atoms with Crippen molar-refractivity contribution in [1.82, 2.24) is 0 Å². The molecule has 0 aromatic rings. The fourth-order valence-electron chi connectivity index (χ4n) is 8.29. The first-order valence-corrected chi connectivity index (χ1v) is 21.1. The maximum absolute atomic E-state index is 11.6. The SMILES string of the molecule is OC[C@H]1O[C@H](OC[C@H]2O[C@@H](O)[C@H](O)[C@@H](O[C@@H]3O[C@H](CO)[C@@H](O)[C@H](O[C@H]4O[C@H](CO[C@H]5O[C@H](CO)[C@@H](O)[C@H](O)[C@@H]5O)[C@@H](O)[C@H](O[C@H]5O[C@H](CO)[C@@H](O)[C@H](O)[C@@H]5O)[C@H]4O)[C@H]3O)[C@@H]2O)[C@@H](O)[C@@H](O)[C@@H]1O. The molecule has 67 heavy (non-hydrogen) atoms. The molecular formula is C36H62O31. The van der Waals surface area contributed by atoms with E-state index in [1.54, 1.807) is 0 Å².